The van der Waals surface area contributed by atoms with Crippen LogP contribution in [0, 0.1) is 0 Å². The minimum atomic E-state index is -1.79. The second-order valence-corrected chi connectivity index (χ2v) is 2.36. The molecule has 0 fully saturated rings. The van der Waals surface area contributed by atoms with Crippen LogP contribution in [0.2, 0.25) is 0 Å². The summed E-state index contributed by atoms with van der Waals surface area (Å²) in [5, 5.41) is 43.5. The van der Waals surface area contributed by atoms with E-state index in [-0.39, 0.29) is 57.7 Å². The standard InChI is InChI=1S/C6H12O6.K/c7-1-3(9)5(11)6(12)4(10)2-8;/h1,3-6,8-12H,2H2;/t3-,4+,5+,6-;/m0./s1. The van der Waals surface area contributed by atoms with Crippen LogP contribution in [0.1, 0.15) is 0 Å². The van der Waals surface area contributed by atoms with E-state index in [1.54, 1.807) is 0 Å². The van der Waals surface area contributed by atoms with Crippen LogP contribution in [0.3, 0.4) is 0 Å². The van der Waals surface area contributed by atoms with Crippen molar-refractivity contribution in [2.24, 2.45) is 0 Å². The van der Waals surface area contributed by atoms with Gasteiger partial charge in [-0.2, -0.15) is 0 Å². The summed E-state index contributed by atoms with van der Waals surface area (Å²) in [7, 11) is 0. The number of carbonyl (C=O) groups excluding carboxylic acids is 1. The van der Waals surface area contributed by atoms with Crippen molar-refractivity contribution in [2.75, 3.05) is 6.61 Å². The molecule has 0 aliphatic heterocycles. The van der Waals surface area contributed by atoms with Gasteiger partial charge in [-0.05, 0) is 0 Å². The molecule has 1 radical (unpaired) electrons. The summed E-state index contributed by atoms with van der Waals surface area (Å²) in [6.45, 7) is -0.760. The zero-order valence-corrected chi connectivity index (χ0v) is 10.4. The Kier molecular flexibility index (Phi) is 10.7. The summed E-state index contributed by atoms with van der Waals surface area (Å²) >= 11 is 0. The minimum absolute atomic E-state index is 0. The Hall–Kier alpha value is 1.11. The van der Waals surface area contributed by atoms with Gasteiger partial charge in [-0.1, -0.05) is 0 Å². The van der Waals surface area contributed by atoms with E-state index < -0.39 is 31.0 Å². The molecule has 0 bridgehead atoms. The molecule has 0 spiro atoms. The van der Waals surface area contributed by atoms with E-state index in [1.807, 2.05) is 0 Å². The smallest absolute Gasteiger partial charge is 0.151 e. The van der Waals surface area contributed by atoms with E-state index in [2.05, 4.69) is 0 Å². The van der Waals surface area contributed by atoms with Crippen molar-refractivity contribution in [1.82, 2.24) is 0 Å². The van der Waals surface area contributed by atoms with Gasteiger partial charge in [0.25, 0.3) is 0 Å². The number of aldehydes is 1. The fourth-order valence-corrected chi connectivity index (χ4v) is 0.618. The molecule has 5 N–H and O–H groups in total. The average Bonchev–Trinajstić information content (AvgIpc) is 2.12. The van der Waals surface area contributed by atoms with Crippen LogP contribution in [-0.4, -0.2) is 114 Å². The first-order valence-electron chi connectivity index (χ1n) is 3.33. The molecule has 0 unspecified atom stereocenters. The molecular formula is C6H12KO6. The Bertz CT molecular complexity index is 143. The van der Waals surface area contributed by atoms with Crippen LogP contribution in [0.4, 0.5) is 0 Å². The molecule has 13 heavy (non-hydrogen) atoms. The summed E-state index contributed by atoms with van der Waals surface area (Å²) in [4.78, 5) is 9.90. The molecule has 0 saturated heterocycles. The molecule has 0 aliphatic rings. The van der Waals surface area contributed by atoms with Gasteiger partial charge in [0.1, 0.15) is 24.4 Å². The zero-order chi connectivity index (χ0) is 9.72. The Morgan fingerprint density at radius 1 is 1.08 bits per heavy atom. The van der Waals surface area contributed by atoms with Gasteiger partial charge < -0.3 is 30.3 Å². The normalized spacial score (nSPS) is 19.5. The summed E-state index contributed by atoms with van der Waals surface area (Å²) in [6, 6.07) is 0. The largest absolute Gasteiger partial charge is 0.394 e. The SMILES string of the molecule is O=C[C@H](O)[C@@H](O)[C@@H](O)[C@H](O)CO.[K]. The van der Waals surface area contributed by atoms with Crippen LogP contribution < -0.4 is 0 Å². The second-order valence-electron chi connectivity index (χ2n) is 2.36. The molecule has 6 nitrogen and oxygen atoms in total. The van der Waals surface area contributed by atoms with E-state index in [9.17, 15) is 4.79 Å². The van der Waals surface area contributed by atoms with Crippen LogP contribution >= 0.6 is 0 Å². The summed E-state index contributed by atoms with van der Waals surface area (Å²) in [6.07, 6.45) is -6.84. The van der Waals surface area contributed by atoms with Crippen molar-refractivity contribution in [3.63, 3.8) is 0 Å². The van der Waals surface area contributed by atoms with Crippen LogP contribution in [0.5, 0.6) is 0 Å². The van der Waals surface area contributed by atoms with Gasteiger partial charge in [0, 0.05) is 51.4 Å². The third kappa shape index (κ3) is 5.52. The Morgan fingerprint density at radius 3 is 1.85 bits per heavy atom. The third-order valence-corrected chi connectivity index (χ3v) is 1.42. The maximum Gasteiger partial charge on any atom is 0.151 e. The molecule has 0 amide bonds. The predicted octanol–water partition coefficient (Wildman–Crippen LogP) is -3.76. The number of hydrogen-bond acceptors (Lipinski definition) is 6. The van der Waals surface area contributed by atoms with Gasteiger partial charge in [0.05, 0.1) is 6.61 Å². The van der Waals surface area contributed by atoms with Gasteiger partial charge in [0.15, 0.2) is 6.29 Å². The number of rotatable bonds is 5. The fourth-order valence-electron chi connectivity index (χ4n) is 0.618. The molecule has 0 heterocycles. The van der Waals surface area contributed by atoms with E-state index >= 15 is 0 Å². The Labute approximate surface area is 118 Å². The third-order valence-electron chi connectivity index (χ3n) is 1.42. The maximum atomic E-state index is 9.90. The van der Waals surface area contributed by atoms with Gasteiger partial charge in [-0.3, -0.25) is 0 Å². The van der Waals surface area contributed by atoms with E-state index in [4.69, 9.17) is 25.5 Å². The van der Waals surface area contributed by atoms with Crippen molar-refractivity contribution in [1.29, 1.82) is 0 Å². The molecule has 0 aromatic carbocycles. The number of aliphatic hydroxyl groups excluding tert-OH is 5. The van der Waals surface area contributed by atoms with Crippen molar-refractivity contribution >= 4 is 57.7 Å². The quantitative estimate of drug-likeness (QED) is 0.239. The zero-order valence-electron chi connectivity index (χ0n) is 7.24. The average molecular weight is 219 g/mol. The van der Waals surface area contributed by atoms with Gasteiger partial charge >= 0.3 is 0 Å². The van der Waals surface area contributed by atoms with Gasteiger partial charge in [0.2, 0.25) is 0 Å². The maximum absolute atomic E-state index is 9.90. The molecule has 0 aromatic heterocycles. The molecule has 4 atom stereocenters. The van der Waals surface area contributed by atoms with Crippen LogP contribution in [0.25, 0.3) is 0 Å². The number of aliphatic hydroxyl groups is 5. The molecule has 0 rings (SSSR count). The molecule has 7 heteroatoms. The Balaban J connectivity index is 0. The first-order valence-corrected chi connectivity index (χ1v) is 3.33. The van der Waals surface area contributed by atoms with E-state index in [0.29, 0.717) is 0 Å². The van der Waals surface area contributed by atoms with Gasteiger partial charge in [-0.15, -0.1) is 0 Å². The topological polar surface area (TPSA) is 118 Å². The molecule has 0 aromatic rings. The van der Waals surface area contributed by atoms with Crippen LogP contribution in [0.15, 0.2) is 0 Å². The monoisotopic (exact) mass is 219 g/mol. The molecular weight excluding hydrogens is 207 g/mol. The molecule has 0 saturated carbocycles. The summed E-state index contributed by atoms with van der Waals surface area (Å²) in [5.41, 5.74) is 0. The summed E-state index contributed by atoms with van der Waals surface area (Å²) in [5.74, 6) is 0. The van der Waals surface area contributed by atoms with Crippen molar-refractivity contribution in [3.8, 4) is 0 Å². The fraction of sp³-hybridized carbons (Fsp3) is 0.833. The van der Waals surface area contributed by atoms with Crippen molar-refractivity contribution < 1.29 is 30.3 Å². The number of carbonyl (C=O) groups is 1. The molecule has 73 valence electrons. The van der Waals surface area contributed by atoms with Crippen LogP contribution in [-0.2, 0) is 4.79 Å². The van der Waals surface area contributed by atoms with Crippen molar-refractivity contribution in [3.05, 3.63) is 0 Å². The van der Waals surface area contributed by atoms with E-state index in [1.165, 1.54) is 0 Å². The van der Waals surface area contributed by atoms with E-state index in [0.717, 1.165) is 0 Å². The first-order chi connectivity index (χ1) is 5.54. The van der Waals surface area contributed by atoms with Crippen molar-refractivity contribution in [2.45, 2.75) is 24.4 Å². The predicted molar refractivity (Wildman–Crippen MR) is 42.9 cm³/mol. The first kappa shape index (κ1) is 16.5. The second kappa shape index (κ2) is 8.42. The number of hydrogen-bond donors (Lipinski definition) is 5. The van der Waals surface area contributed by atoms with Gasteiger partial charge in [-0.25, -0.2) is 0 Å². The minimum Gasteiger partial charge on any atom is -0.394 e. The summed E-state index contributed by atoms with van der Waals surface area (Å²) < 4.78 is 0. The molecule has 0 aliphatic carbocycles. The Morgan fingerprint density at radius 2 is 1.54 bits per heavy atom.